The molecule has 0 radical (unpaired) electrons. The SMILES string of the molecule is CC(=O)N[C@@H]1C=C[C@H](c2c(C)nn(Cc3ccccc3)c2C)C1. The van der Waals surface area contributed by atoms with Crippen LogP contribution in [0.4, 0.5) is 0 Å². The number of carbonyl (C=O) groups is 1. The van der Waals surface area contributed by atoms with E-state index in [1.165, 1.54) is 16.8 Å². The predicted octanol–water partition coefficient (Wildman–Crippen LogP) is 3.10. The highest BCUT2D eigenvalue weighted by Crippen LogP contribution is 2.33. The Bertz CT molecular complexity index is 731. The second-order valence-corrected chi connectivity index (χ2v) is 6.26. The number of nitrogens with one attached hydrogen (secondary N) is 1. The Balaban J connectivity index is 1.79. The van der Waals surface area contributed by atoms with Crippen LogP contribution in [0.15, 0.2) is 42.5 Å². The average Bonchev–Trinajstić information content (AvgIpc) is 3.05. The molecular formula is C19H23N3O. The van der Waals surface area contributed by atoms with Crippen LogP contribution in [0.1, 0.15) is 41.8 Å². The van der Waals surface area contributed by atoms with Crippen LogP contribution in [0.3, 0.4) is 0 Å². The van der Waals surface area contributed by atoms with Crippen molar-refractivity contribution in [3.8, 4) is 0 Å². The molecule has 120 valence electrons. The number of allylic oxidation sites excluding steroid dienone is 1. The summed E-state index contributed by atoms with van der Waals surface area (Å²) in [5.41, 5.74) is 4.84. The summed E-state index contributed by atoms with van der Waals surface area (Å²) in [5.74, 6) is 0.352. The molecule has 4 nitrogen and oxygen atoms in total. The molecule has 2 atom stereocenters. The van der Waals surface area contributed by atoms with Gasteiger partial charge in [-0.15, -0.1) is 0 Å². The summed E-state index contributed by atoms with van der Waals surface area (Å²) in [5, 5.41) is 7.71. The number of hydrogen-bond donors (Lipinski definition) is 1. The lowest BCUT2D eigenvalue weighted by molar-refractivity contribution is -0.119. The van der Waals surface area contributed by atoms with Crippen LogP contribution >= 0.6 is 0 Å². The molecule has 4 heteroatoms. The molecule has 1 aromatic carbocycles. The van der Waals surface area contributed by atoms with Crippen molar-refractivity contribution >= 4 is 5.91 Å². The van der Waals surface area contributed by atoms with E-state index in [-0.39, 0.29) is 11.9 Å². The minimum Gasteiger partial charge on any atom is -0.350 e. The number of benzene rings is 1. The van der Waals surface area contributed by atoms with E-state index in [1.807, 2.05) is 6.07 Å². The molecule has 1 aromatic heterocycles. The molecule has 0 aliphatic heterocycles. The molecule has 0 bridgehead atoms. The summed E-state index contributed by atoms with van der Waals surface area (Å²) in [7, 11) is 0. The van der Waals surface area contributed by atoms with E-state index in [9.17, 15) is 4.79 Å². The van der Waals surface area contributed by atoms with Crippen molar-refractivity contribution in [3.05, 3.63) is 65.0 Å². The number of aryl methyl sites for hydroxylation is 1. The van der Waals surface area contributed by atoms with Crippen LogP contribution in [0.2, 0.25) is 0 Å². The van der Waals surface area contributed by atoms with Crippen molar-refractivity contribution in [3.63, 3.8) is 0 Å². The molecule has 0 unspecified atom stereocenters. The summed E-state index contributed by atoms with van der Waals surface area (Å²) in [4.78, 5) is 11.2. The molecule has 23 heavy (non-hydrogen) atoms. The Morgan fingerprint density at radius 2 is 2.00 bits per heavy atom. The largest absolute Gasteiger partial charge is 0.350 e. The Morgan fingerprint density at radius 3 is 2.70 bits per heavy atom. The maximum atomic E-state index is 11.2. The molecule has 0 saturated carbocycles. The van der Waals surface area contributed by atoms with Crippen LogP contribution in [0.5, 0.6) is 0 Å². The molecule has 1 aliphatic carbocycles. The first-order valence-electron chi connectivity index (χ1n) is 8.08. The zero-order chi connectivity index (χ0) is 16.4. The lowest BCUT2D eigenvalue weighted by atomic mass is 9.96. The number of hydrogen-bond acceptors (Lipinski definition) is 2. The highest BCUT2D eigenvalue weighted by molar-refractivity contribution is 5.73. The predicted molar refractivity (Wildman–Crippen MR) is 91.3 cm³/mol. The zero-order valence-corrected chi connectivity index (χ0v) is 13.9. The van der Waals surface area contributed by atoms with Gasteiger partial charge in [0, 0.05) is 30.1 Å². The first kappa shape index (κ1) is 15.5. The molecule has 2 aromatic rings. The van der Waals surface area contributed by atoms with Gasteiger partial charge in [0.15, 0.2) is 0 Å². The first-order valence-corrected chi connectivity index (χ1v) is 8.08. The number of amides is 1. The van der Waals surface area contributed by atoms with Crippen LogP contribution in [0, 0.1) is 13.8 Å². The fourth-order valence-electron chi connectivity index (χ4n) is 3.44. The fourth-order valence-corrected chi connectivity index (χ4v) is 3.44. The second kappa shape index (κ2) is 6.41. The van der Waals surface area contributed by atoms with Crippen LogP contribution in [0.25, 0.3) is 0 Å². The molecule has 0 spiro atoms. The molecule has 0 saturated heterocycles. The van der Waals surface area contributed by atoms with Crippen molar-refractivity contribution in [1.29, 1.82) is 0 Å². The molecule has 1 aliphatic rings. The summed E-state index contributed by atoms with van der Waals surface area (Å²) < 4.78 is 2.08. The van der Waals surface area contributed by atoms with Crippen LogP contribution in [-0.2, 0) is 11.3 Å². The van der Waals surface area contributed by atoms with Gasteiger partial charge in [0.2, 0.25) is 5.91 Å². The summed E-state index contributed by atoms with van der Waals surface area (Å²) in [6.45, 7) is 6.57. The first-order chi connectivity index (χ1) is 11.0. The van der Waals surface area contributed by atoms with Gasteiger partial charge < -0.3 is 5.32 Å². The minimum atomic E-state index is 0.0218. The van der Waals surface area contributed by atoms with Gasteiger partial charge in [-0.05, 0) is 25.8 Å². The van der Waals surface area contributed by atoms with Gasteiger partial charge in [-0.3, -0.25) is 9.48 Å². The van der Waals surface area contributed by atoms with Crippen molar-refractivity contribution in [2.75, 3.05) is 0 Å². The Morgan fingerprint density at radius 1 is 1.26 bits per heavy atom. The molecule has 1 amide bonds. The van der Waals surface area contributed by atoms with E-state index in [2.05, 4.69) is 60.3 Å². The smallest absolute Gasteiger partial charge is 0.217 e. The van der Waals surface area contributed by atoms with E-state index < -0.39 is 0 Å². The summed E-state index contributed by atoms with van der Waals surface area (Å²) in [6.07, 6.45) is 5.21. The third kappa shape index (κ3) is 3.36. The Kier molecular flexibility index (Phi) is 4.33. The van der Waals surface area contributed by atoms with E-state index in [0.717, 1.165) is 18.7 Å². The lowest BCUT2D eigenvalue weighted by Crippen LogP contribution is -2.30. The van der Waals surface area contributed by atoms with Gasteiger partial charge in [0.05, 0.1) is 12.2 Å². The molecule has 0 fully saturated rings. The number of aromatic nitrogens is 2. The third-order valence-electron chi connectivity index (χ3n) is 4.46. The van der Waals surface area contributed by atoms with Crippen LogP contribution in [-0.4, -0.2) is 21.7 Å². The Hall–Kier alpha value is -2.36. The summed E-state index contributed by atoms with van der Waals surface area (Å²) >= 11 is 0. The van der Waals surface area contributed by atoms with Gasteiger partial charge >= 0.3 is 0 Å². The maximum absolute atomic E-state index is 11.2. The number of rotatable bonds is 4. The van der Waals surface area contributed by atoms with Gasteiger partial charge in [-0.25, -0.2) is 0 Å². The van der Waals surface area contributed by atoms with E-state index in [0.29, 0.717) is 5.92 Å². The average molecular weight is 309 g/mol. The standard InChI is InChI=1S/C19H23N3O/c1-13-19(17-9-10-18(11-17)20-15(3)23)14(2)22(21-13)12-16-7-5-4-6-8-16/h4-10,17-18H,11-12H2,1-3H3,(H,20,23)/t17-,18+/m0/s1. The lowest BCUT2D eigenvalue weighted by Gasteiger charge is -2.13. The van der Waals surface area contributed by atoms with Crippen molar-refractivity contribution in [1.82, 2.24) is 15.1 Å². The van der Waals surface area contributed by atoms with E-state index >= 15 is 0 Å². The zero-order valence-electron chi connectivity index (χ0n) is 13.9. The van der Waals surface area contributed by atoms with Crippen LogP contribution < -0.4 is 5.32 Å². The number of nitrogens with zero attached hydrogens (tertiary/aromatic N) is 2. The van der Waals surface area contributed by atoms with Gasteiger partial charge in [-0.2, -0.15) is 5.10 Å². The minimum absolute atomic E-state index is 0.0218. The summed E-state index contributed by atoms with van der Waals surface area (Å²) in [6, 6.07) is 10.5. The number of carbonyl (C=O) groups excluding carboxylic acids is 1. The molecule has 1 N–H and O–H groups in total. The highest BCUT2D eigenvalue weighted by atomic mass is 16.1. The third-order valence-corrected chi connectivity index (χ3v) is 4.46. The quantitative estimate of drug-likeness (QED) is 0.882. The Labute approximate surface area is 137 Å². The topological polar surface area (TPSA) is 46.9 Å². The van der Waals surface area contributed by atoms with Gasteiger partial charge in [-0.1, -0.05) is 42.5 Å². The molecular weight excluding hydrogens is 286 g/mol. The van der Waals surface area contributed by atoms with E-state index in [1.54, 1.807) is 6.92 Å². The molecule has 1 heterocycles. The monoisotopic (exact) mass is 309 g/mol. The van der Waals surface area contributed by atoms with E-state index in [4.69, 9.17) is 5.10 Å². The van der Waals surface area contributed by atoms with Crippen molar-refractivity contribution in [2.24, 2.45) is 0 Å². The second-order valence-electron chi connectivity index (χ2n) is 6.26. The van der Waals surface area contributed by atoms with Crippen molar-refractivity contribution < 1.29 is 4.79 Å². The highest BCUT2D eigenvalue weighted by Gasteiger charge is 2.26. The van der Waals surface area contributed by atoms with Gasteiger partial charge in [0.1, 0.15) is 0 Å². The molecule has 3 rings (SSSR count). The normalized spacial score (nSPS) is 20.0. The maximum Gasteiger partial charge on any atom is 0.217 e. The van der Waals surface area contributed by atoms with Gasteiger partial charge in [0.25, 0.3) is 0 Å². The van der Waals surface area contributed by atoms with Crippen molar-refractivity contribution in [2.45, 2.75) is 45.7 Å². The fraction of sp³-hybridized carbons (Fsp3) is 0.368.